The van der Waals surface area contributed by atoms with Crippen molar-refractivity contribution in [3.63, 3.8) is 0 Å². The zero-order valence-electron chi connectivity index (χ0n) is 9.66. The van der Waals surface area contributed by atoms with Crippen molar-refractivity contribution in [3.8, 4) is 0 Å². The summed E-state index contributed by atoms with van der Waals surface area (Å²) >= 11 is 5.88. The molecule has 0 aliphatic heterocycles. The van der Waals surface area contributed by atoms with E-state index in [9.17, 15) is 9.90 Å². The monoisotopic (exact) mass is 240 g/mol. The van der Waals surface area contributed by atoms with Crippen molar-refractivity contribution in [1.29, 1.82) is 0 Å². The van der Waals surface area contributed by atoms with Gasteiger partial charge in [-0.1, -0.05) is 37.1 Å². The first-order valence-electron chi connectivity index (χ1n) is 5.46. The Kier molecular flexibility index (Phi) is 4.36. The summed E-state index contributed by atoms with van der Waals surface area (Å²) in [7, 11) is 0. The normalized spacial score (nSPS) is 14.4. The van der Waals surface area contributed by atoms with E-state index in [-0.39, 0.29) is 0 Å². The van der Waals surface area contributed by atoms with Crippen LogP contribution in [0.25, 0.3) is 0 Å². The van der Waals surface area contributed by atoms with E-state index in [0.29, 0.717) is 17.9 Å². The molecule has 0 spiro atoms. The van der Waals surface area contributed by atoms with Gasteiger partial charge in [0, 0.05) is 5.02 Å². The quantitative estimate of drug-likeness (QED) is 0.851. The van der Waals surface area contributed by atoms with Gasteiger partial charge in [0.05, 0.1) is 5.41 Å². The van der Waals surface area contributed by atoms with Gasteiger partial charge in [0.25, 0.3) is 0 Å². The standard InChI is InChI=1S/C13H17ClO2/c1-3-7-13(2,12(15)16)9-10-5-4-6-11(14)8-10/h4-6,8H,3,7,9H2,1-2H3,(H,15,16). The van der Waals surface area contributed by atoms with Crippen LogP contribution in [0.4, 0.5) is 0 Å². The summed E-state index contributed by atoms with van der Waals surface area (Å²) in [4.78, 5) is 11.3. The highest BCUT2D eigenvalue weighted by Crippen LogP contribution is 2.29. The molecule has 0 bridgehead atoms. The van der Waals surface area contributed by atoms with Gasteiger partial charge in [-0.15, -0.1) is 0 Å². The van der Waals surface area contributed by atoms with Gasteiger partial charge in [-0.05, 0) is 37.5 Å². The first-order chi connectivity index (χ1) is 7.48. The molecule has 1 aromatic carbocycles. The number of carbonyl (C=O) groups is 1. The molecule has 1 unspecified atom stereocenters. The Morgan fingerprint density at radius 1 is 1.50 bits per heavy atom. The molecule has 0 radical (unpaired) electrons. The number of rotatable bonds is 5. The van der Waals surface area contributed by atoms with Gasteiger partial charge < -0.3 is 5.11 Å². The van der Waals surface area contributed by atoms with E-state index in [1.54, 1.807) is 13.0 Å². The molecule has 3 heteroatoms. The van der Waals surface area contributed by atoms with Crippen molar-refractivity contribution in [1.82, 2.24) is 0 Å². The van der Waals surface area contributed by atoms with Crippen LogP contribution < -0.4 is 0 Å². The lowest BCUT2D eigenvalue weighted by molar-refractivity contribution is -0.148. The molecule has 0 saturated heterocycles. The summed E-state index contributed by atoms with van der Waals surface area (Å²) in [6.07, 6.45) is 2.06. The highest BCUT2D eigenvalue weighted by Gasteiger charge is 2.32. The second kappa shape index (κ2) is 5.35. The van der Waals surface area contributed by atoms with Gasteiger partial charge in [0.15, 0.2) is 0 Å². The maximum atomic E-state index is 11.3. The number of hydrogen-bond acceptors (Lipinski definition) is 1. The highest BCUT2D eigenvalue weighted by atomic mass is 35.5. The Morgan fingerprint density at radius 3 is 2.69 bits per heavy atom. The van der Waals surface area contributed by atoms with Crippen molar-refractivity contribution < 1.29 is 9.90 Å². The predicted molar refractivity (Wildman–Crippen MR) is 65.8 cm³/mol. The van der Waals surface area contributed by atoms with E-state index >= 15 is 0 Å². The van der Waals surface area contributed by atoms with Crippen molar-refractivity contribution in [2.24, 2.45) is 5.41 Å². The smallest absolute Gasteiger partial charge is 0.309 e. The number of carboxylic acid groups (broad SMARTS) is 1. The molecule has 0 fully saturated rings. The second-order valence-electron chi connectivity index (χ2n) is 4.42. The van der Waals surface area contributed by atoms with Crippen molar-refractivity contribution in [3.05, 3.63) is 34.9 Å². The zero-order valence-corrected chi connectivity index (χ0v) is 10.4. The van der Waals surface area contributed by atoms with Crippen LogP contribution in [0.2, 0.25) is 5.02 Å². The van der Waals surface area contributed by atoms with E-state index in [0.717, 1.165) is 12.0 Å². The molecule has 0 aliphatic carbocycles. The van der Waals surface area contributed by atoms with Crippen LogP contribution in [0.15, 0.2) is 24.3 Å². The molecule has 88 valence electrons. The van der Waals surface area contributed by atoms with Crippen LogP contribution in [-0.2, 0) is 11.2 Å². The lowest BCUT2D eigenvalue weighted by Gasteiger charge is -2.24. The molecule has 1 aromatic rings. The van der Waals surface area contributed by atoms with Crippen molar-refractivity contribution >= 4 is 17.6 Å². The lowest BCUT2D eigenvalue weighted by atomic mass is 9.80. The Bertz CT molecular complexity index is 376. The minimum Gasteiger partial charge on any atom is -0.481 e. The van der Waals surface area contributed by atoms with Crippen LogP contribution in [0.5, 0.6) is 0 Å². The van der Waals surface area contributed by atoms with E-state index in [1.807, 2.05) is 25.1 Å². The number of halogens is 1. The molecule has 0 aromatic heterocycles. The molecular weight excluding hydrogens is 224 g/mol. The SMILES string of the molecule is CCCC(C)(Cc1cccc(Cl)c1)C(=O)O. The topological polar surface area (TPSA) is 37.3 Å². The number of hydrogen-bond donors (Lipinski definition) is 1. The van der Waals surface area contributed by atoms with Crippen LogP contribution in [0.3, 0.4) is 0 Å². The average molecular weight is 241 g/mol. The summed E-state index contributed by atoms with van der Waals surface area (Å²) in [5.41, 5.74) is 0.283. The first-order valence-corrected chi connectivity index (χ1v) is 5.83. The number of aliphatic carboxylic acids is 1. The summed E-state index contributed by atoms with van der Waals surface area (Å²) < 4.78 is 0. The third kappa shape index (κ3) is 3.24. The lowest BCUT2D eigenvalue weighted by Crippen LogP contribution is -2.29. The van der Waals surface area contributed by atoms with Gasteiger partial charge in [-0.3, -0.25) is 4.79 Å². The molecule has 1 atom stereocenters. The summed E-state index contributed by atoms with van der Waals surface area (Å²) in [5, 5.41) is 9.92. The summed E-state index contributed by atoms with van der Waals surface area (Å²) in [6, 6.07) is 7.40. The molecule has 0 amide bonds. The molecule has 2 nitrogen and oxygen atoms in total. The van der Waals surface area contributed by atoms with E-state index < -0.39 is 11.4 Å². The van der Waals surface area contributed by atoms with Crippen LogP contribution in [0, 0.1) is 5.41 Å². The van der Waals surface area contributed by atoms with Crippen LogP contribution >= 0.6 is 11.6 Å². The predicted octanol–water partition coefficient (Wildman–Crippen LogP) is 3.77. The van der Waals surface area contributed by atoms with Gasteiger partial charge in [0.1, 0.15) is 0 Å². The fourth-order valence-corrected chi connectivity index (χ4v) is 2.13. The van der Waals surface area contributed by atoms with Crippen molar-refractivity contribution in [2.75, 3.05) is 0 Å². The third-order valence-electron chi connectivity index (χ3n) is 2.80. The second-order valence-corrected chi connectivity index (χ2v) is 4.86. The molecule has 1 rings (SSSR count). The fraction of sp³-hybridized carbons (Fsp3) is 0.462. The van der Waals surface area contributed by atoms with E-state index in [4.69, 9.17) is 11.6 Å². The van der Waals surface area contributed by atoms with Gasteiger partial charge in [0.2, 0.25) is 0 Å². The Hall–Kier alpha value is -1.02. The maximum Gasteiger partial charge on any atom is 0.309 e. The van der Waals surface area contributed by atoms with E-state index in [1.165, 1.54) is 0 Å². The Morgan fingerprint density at radius 2 is 2.19 bits per heavy atom. The van der Waals surface area contributed by atoms with Crippen LogP contribution in [0.1, 0.15) is 32.3 Å². The van der Waals surface area contributed by atoms with Gasteiger partial charge in [-0.2, -0.15) is 0 Å². The van der Waals surface area contributed by atoms with E-state index in [2.05, 4.69) is 0 Å². The van der Waals surface area contributed by atoms with Gasteiger partial charge >= 0.3 is 5.97 Å². The largest absolute Gasteiger partial charge is 0.481 e. The van der Waals surface area contributed by atoms with Gasteiger partial charge in [-0.25, -0.2) is 0 Å². The minimum absolute atomic E-state index is 0.525. The maximum absolute atomic E-state index is 11.3. The summed E-state index contributed by atoms with van der Waals surface area (Å²) in [6.45, 7) is 3.79. The minimum atomic E-state index is -0.741. The fourth-order valence-electron chi connectivity index (χ4n) is 1.92. The molecule has 1 N–H and O–H groups in total. The highest BCUT2D eigenvalue weighted by molar-refractivity contribution is 6.30. The summed E-state index contributed by atoms with van der Waals surface area (Å²) in [5.74, 6) is -0.741. The molecule has 0 aliphatic rings. The molecular formula is C13H17ClO2. The zero-order chi connectivity index (χ0) is 12.2. The average Bonchev–Trinajstić information content (AvgIpc) is 2.17. The molecule has 16 heavy (non-hydrogen) atoms. The molecule has 0 saturated carbocycles. The first kappa shape index (κ1) is 13.0. The number of carboxylic acids is 1. The van der Waals surface area contributed by atoms with Crippen LogP contribution in [-0.4, -0.2) is 11.1 Å². The Labute approximate surface area is 101 Å². The molecule has 0 heterocycles. The number of benzene rings is 1. The third-order valence-corrected chi connectivity index (χ3v) is 3.04. The van der Waals surface area contributed by atoms with Crippen molar-refractivity contribution in [2.45, 2.75) is 33.1 Å². The Balaban J connectivity index is 2.87.